The van der Waals surface area contributed by atoms with Crippen molar-refractivity contribution in [3.8, 4) is 17.2 Å². The van der Waals surface area contributed by atoms with Crippen LogP contribution in [-0.4, -0.2) is 35.9 Å². The summed E-state index contributed by atoms with van der Waals surface area (Å²) in [5, 5.41) is 12.0. The molecule has 0 atom stereocenters. The molecule has 180 valence electrons. The molecule has 0 amide bonds. The van der Waals surface area contributed by atoms with Crippen molar-refractivity contribution >= 4 is 28.8 Å². The number of ether oxygens (including phenoxy) is 1. The summed E-state index contributed by atoms with van der Waals surface area (Å²) in [6, 6.07) is 17.1. The van der Waals surface area contributed by atoms with Crippen molar-refractivity contribution in [3.63, 3.8) is 0 Å². The number of nitrogens with one attached hydrogen (secondary N) is 1. The molecule has 1 aromatic heterocycles. The van der Waals surface area contributed by atoms with E-state index in [4.69, 9.17) is 14.3 Å². The summed E-state index contributed by atoms with van der Waals surface area (Å²) in [6.45, 7) is 0.366. The fraction of sp³-hybridized carbons (Fsp3) is 0.185. The van der Waals surface area contributed by atoms with Gasteiger partial charge >= 0.3 is 5.97 Å². The maximum Gasteiger partial charge on any atom is 0.307 e. The third-order valence-corrected chi connectivity index (χ3v) is 5.17. The van der Waals surface area contributed by atoms with Crippen molar-refractivity contribution in [1.82, 2.24) is 4.98 Å². The molecule has 0 aliphatic rings. The highest BCUT2D eigenvalue weighted by Crippen LogP contribution is 2.28. The second kappa shape index (κ2) is 11.3. The third kappa shape index (κ3) is 6.44. The van der Waals surface area contributed by atoms with Crippen LogP contribution in [0, 0.1) is 5.82 Å². The molecule has 4 aromatic rings. The number of carboxylic acid groups (broad SMARTS) is 1. The summed E-state index contributed by atoms with van der Waals surface area (Å²) in [4.78, 5) is 15.3. The molecule has 1 heterocycles. The van der Waals surface area contributed by atoms with Gasteiger partial charge in [-0.15, -0.1) is 0 Å². The number of hydrogen-bond acceptors (Lipinski definition) is 5. The number of fused-ring (bicyclic) bond motifs is 1. The van der Waals surface area contributed by atoms with Crippen LogP contribution < -0.4 is 10.1 Å². The van der Waals surface area contributed by atoms with E-state index in [-0.39, 0.29) is 12.3 Å². The van der Waals surface area contributed by atoms with Crippen molar-refractivity contribution in [2.24, 2.45) is 0 Å². The molecule has 0 saturated heterocycles. The summed E-state index contributed by atoms with van der Waals surface area (Å²) in [7, 11) is 0. The normalized spacial score (nSPS) is 11.3. The van der Waals surface area contributed by atoms with Gasteiger partial charge in [0.05, 0.1) is 25.4 Å². The lowest BCUT2D eigenvalue weighted by atomic mass is 10.1. The second-order valence-corrected chi connectivity index (χ2v) is 7.83. The van der Waals surface area contributed by atoms with Crippen molar-refractivity contribution in [1.29, 1.82) is 0 Å². The van der Waals surface area contributed by atoms with E-state index in [1.54, 1.807) is 30.3 Å². The lowest BCUT2D eigenvalue weighted by molar-refractivity contribution is -0.136. The molecule has 0 bridgehead atoms. The molecule has 0 aliphatic carbocycles. The minimum Gasteiger partial charge on any atom is -0.493 e. The average molecular weight is 478 g/mol. The molecule has 35 heavy (non-hydrogen) atoms. The zero-order chi connectivity index (χ0) is 24.6. The fourth-order valence-corrected chi connectivity index (χ4v) is 3.46. The highest BCUT2D eigenvalue weighted by Gasteiger charge is 2.12. The molecule has 3 aromatic carbocycles. The minimum absolute atomic E-state index is 0.108. The zero-order valence-corrected chi connectivity index (χ0v) is 18.8. The van der Waals surface area contributed by atoms with Crippen LogP contribution in [0.15, 0.2) is 71.2 Å². The molecule has 0 radical (unpaired) electrons. The maximum absolute atomic E-state index is 14.7. The molecule has 0 fully saturated rings. The predicted octanol–water partition coefficient (Wildman–Crippen LogP) is 6.12. The Morgan fingerprint density at radius 3 is 2.69 bits per heavy atom. The first kappa shape index (κ1) is 23.9. The predicted molar refractivity (Wildman–Crippen MR) is 131 cm³/mol. The third-order valence-electron chi connectivity index (χ3n) is 5.17. The number of aromatic nitrogens is 1. The summed E-state index contributed by atoms with van der Waals surface area (Å²) < 4.78 is 37.9. The number of carbonyl (C=O) groups is 1. The SMILES string of the molecule is O=C(O)Cc1ccc2oc(-c3ccc(NCC=Cc4ccc(OCCCF)cc4)c(F)c3)nc2c1. The summed E-state index contributed by atoms with van der Waals surface area (Å²) in [5.74, 6) is -0.424. The van der Waals surface area contributed by atoms with Gasteiger partial charge in [0.25, 0.3) is 0 Å². The largest absolute Gasteiger partial charge is 0.493 e. The van der Waals surface area contributed by atoms with Gasteiger partial charge in [0.1, 0.15) is 17.1 Å². The Hall–Kier alpha value is -4.20. The molecular formula is C27H24F2N2O4. The molecule has 0 saturated carbocycles. The Balaban J connectivity index is 1.35. The summed E-state index contributed by atoms with van der Waals surface area (Å²) in [5.41, 5.74) is 3.42. The van der Waals surface area contributed by atoms with Crippen molar-refractivity contribution in [3.05, 3.63) is 83.7 Å². The van der Waals surface area contributed by atoms with Crippen LogP contribution in [0.5, 0.6) is 5.75 Å². The van der Waals surface area contributed by atoms with Crippen LogP contribution in [0.1, 0.15) is 17.5 Å². The number of oxazole rings is 1. The Morgan fingerprint density at radius 2 is 1.94 bits per heavy atom. The van der Waals surface area contributed by atoms with Crippen LogP contribution in [0.25, 0.3) is 28.6 Å². The van der Waals surface area contributed by atoms with E-state index in [9.17, 15) is 13.6 Å². The van der Waals surface area contributed by atoms with Gasteiger partial charge < -0.3 is 19.6 Å². The van der Waals surface area contributed by atoms with E-state index in [1.165, 1.54) is 6.07 Å². The number of hydrogen-bond donors (Lipinski definition) is 2. The molecule has 8 heteroatoms. The van der Waals surface area contributed by atoms with Gasteiger partial charge in [-0.2, -0.15) is 0 Å². The number of alkyl halides is 1. The van der Waals surface area contributed by atoms with Gasteiger partial charge in [0.2, 0.25) is 5.89 Å². The van der Waals surface area contributed by atoms with Crippen LogP contribution in [-0.2, 0) is 11.2 Å². The number of carboxylic acids is 1. The molecule has 6 nitrogen and oxygen atoms in total. The summed E-state index contributed by atoms with van der Waals surface area (Å²) >= 11 is 0. The Bertz CT molecular complexity index is 1330. The average Bonchev–Trinajstić information content (AvgIpc) is 3.27. The van der Waals surface area contributed by atoms with Crippen LogP contribution in [0.2, 0.25) is 0 Å². The quantitative estimate of drug-likeness (QED) is 0.253. The van der Waals surface area contributed by atoms with Gasteiger partial charge in [-0.25, -0.2) is 9.37 Å². The van der Waals surface area contributed by atoms with Gasteiger partial charge in [-0.3, -0.25) is 9.18 Å². The summed E-state index contributed by atoms with van der Waals surface area (Å²) in [6.07, 6.45) is 4.04. The molecule has 0 unspecified atom stereocenters. The highest BCUT2D eigenvalue weighted by atomic mass is 19.1. The van der Waals surface area contributed by atoms with Gasteiger partial charge in [-0.05, 0) is 53.6 Å². The van der Waals surface area contributed by atoms with Crippen LogP contribution in [0.3, 0.4) is 0 Å². The van der Waals surface area contributed by atoms with E-state index in [1.807, 2.05) is 36.4 Å². The molecule has 4 rings (SSSR count). The number of nitrogens with zero attached hydrogens (tertiary/aromatic N) is 1. The van der Waals surface area contributed by atoms with Gasteiger partial charge in [-0.1, -0.05) is 30.4 Å². The fourth-order valence-electron chi connectivity index (χ4n) is 3.46. The van der Waals surface area contributed by atoms with Crippen LogP contribution >= 0.6 is 0 Å². The van der Waals surface area contributed by atoms with Crippen molar-refractivity contribution in [2.75, 3.05) is 25.1 Å². The molecule has 2 N–H and O–H groups in total. The van der Waals surface area contributed by atoms with Gasteiger partial charge in [0, 0.05) is 18.5 Å². The standard InChI is InChI=1S/C27H24F2N2O4/c28-12-2-14-34-21-8-4-18(5-9-21)3-1-13-30-23-10-7-20(17-22(23)29)27-31-24-15-19(16-26(32)33)6-11-25(24)35-27/h1,3-11,15,17,30H,2,12-14,16H2,(H,32,33). The van der Waals surface area contributed by atoms with Crippen molar-refractivity contribution < 1.29 is 27.8 Å². The first-order chi connectivity index (χ1) is 17.0. The zero-order valence-electron chi connectivity index (χ0n) is 18.8. The first-order valence-electron chi connectivity index (χ1n) is 11.1. The smallest absolute Gasteiger partial charge is 0.307 e. The highest BCUT2D eigenvalue weighted by molar-refractivity contribution is 5.79. The molecular weight excluding hydrogens is 454 g/mol. The van der Waals surface area contributed by atoms with Crippen LogP contribution in [0.4, 0.5) is 14.5 Å². The Labute approximate surface area is 200 Å². The van der Waals surface area contributed by atoms with E-state index < -0.39 is 18.5 Å². The number of benzene rings is 3. The topological polar surface area (TPSA) is 84.6 Å². The minimum atomic E-state index is -0.929. The number of rotatable bonds is 11. The van der Waals surface area contributed by atoms with Crippen molar-refractivity contribution in [2.45, 2.75) is 12.8 Å². The monoisotopic (exact) mass is 478 g/mol. The molecule has 0 aliphatic heterocycles. The molecule has 0 spiro atoms. The number of anilines is 1. The van der Waals surface area contributed by atoms with E-state index >= 15 is 0 Å². The maximum atomic E-state index is 14.7. The van der Waals surface area contributed by atoms with E-state index in [0.717, 1.165) is 5.56 Å². The Kier molecular flexibility index (Phi) is 7.72. The number of aliphatic carboxylic acids is 1. The van der Waals surface area contributed by atoms with E-state index in [0.29, 0.717) is 53.2 Å². The first-order valence-corrected chi connectivity index (χ1v) is 11.1. The Morgan fingerprint density at radius 1 is 1.11 bits per heavy atom. The second-order valence-electron chi connectivity index (χ2n) is 7.83. The van der Waals surface area contributed by atoms with E-state index in [2.05, 4.69) is 10.3 Å². The van der Waals surface area contributed by atoms with Gasteiger partial charge in [0.15, 0.2) is 5.58 Å². The lowest BCUT2D eigenvalue weighted by Crippen LogP contribution is -2.00. The lowest BCUT2D eigenvalue weighted by Gasteiger charge is -2.06. The number of halogens is 2.